The molecule has 1 aliphatic heterocycles. The van der Waals surface area contributed by atoms with Crippen LogP contribution in [0.4, 0.5) is 0 Å². The number of rotatable bonds is 7. The van der Waals surface area contributed by atoms with Crippen molar-refractivity contribution in [3.63, 3.8) is 0 Å². The second-order valence-corrected chi connectivity index (χ2v) is 6.08. The van der Waals surface area contributed by atoms with Gasteiger partial charge in [0.25, 0.3) is 0 Å². The molecular formula is C10H23N3O2S. The number of nitrogens with zero attached hydrogens (tertiary/aromatic N) is 1. The van der Waals surface area contributed by atoms with Gasteiger partial charge in [-0.25, -0.2) is 13.1 Å². The van der Waals surface area contributed by atoms with Crippen LogP contribution in [0.5, 0.6) is 0 Å². The predicted molar refractivity (Wildman–Crippen MR) is 66.0 cm³/mol. The van der Waals surface area contributed by atoms with Gasteiger partial charge in [-0.15, -0.1) is 0 Å². The Morgan fingerprint density at radius 3 is 2.62 bits per heavy atom. The summed E-state index contributed by atoms with van der Waals surface area (Å²) in [6, 6.07) is 0. The Balaban J connectivity index is 2.13. The summed E-state index contributed by atoms with van der Waals surface area (Å²) < 4.78 is 25.6. The van der Waals surface area contributed by atoms with Crippen LogP contribution >= 0.6 is 0 Å². The van der Waals surface area contributed by atoms with Gasteiger partial charge in [0.05, 0.1) is 5.75 Å². The fourth-order valence-electron chi connectivity index (χ4n) is 1.70. The summed E-state index contributed by atoms with van der Waals surface area (Å²) in [5.41, 5.74) is 0. The third-order valence-corrected chi connectivity index (χ3v) is 4.20. The number of hydrogen-bond acceptors (Lipinski definition) is 4. The van der Waals surface area contributed by atoms with Crippen LogP contribution in [0.1, 0.15) is 19.8 Å². The summed E-state index contributed by atoms with van der Waals surface area (Å²) in [6.45, 7) is 7.37. The summed E-state index contributed by atoms with van der Waals surface area (Å²) in [5.74, 6) is 0.255. The zero-order valence-electron chi connectivity index (χ0n) is 10.0. The standard InChI is InChI=1S/C10H23N3O2S/c1-2-3-10-16(14,15)12-6-9-13-7-4-11-5-8-13/h11-12H,2-10H2,1H3. The summed E-state index contributed by atoms with van der Waals surface area (Å²) in [7, 11) is -3.04. The lowest BCUT2D eigenvalue weighted by molar-refractivity contribution is 0.245. The highest BCUT2D eigenvalue weighted by atomic mass is 32.2. The van der Waals surface area contributed by atoms with Crippen LogP contribution in [0, 0.1) is 0 Å². The molecule has 0 aliphatic carbocycles. The van der Waals surface area contributed by atoms with Gasteiger partial charge in [0, 0.05) is 39.3 Å². The van der Waals surface area contributed by atoms with Crippen molar-refractivity contribution in [2.45, 2.75) is 19.8 Å². The Hall–Kier alpha value is -0.170. The second-order valence-electron chi connectivity index (χ2n) is 4.16. The maximum atomic E-state index is 11.5. The van der Waals surface area contributed by atoms with E-state index in [0.29, 0.717) is 6.54 Å². The summed E-state index contributed by atoms with van der Waals surface area (Å²) in [6.07, 6.45) is 1.65. The van der Waals surface area contributed by atoms with E-state index in [2.05, 4.69) is 14.9 Å². The first-order chi connectivity index (χ1) is 7.64. The molecule has 0 saturated carbocycles. The monoisotopic (exact) mass is 249 g/mol. The first-order valence-electron chi connectivity index (χ1n) is 6.04. The van der Waals surface area contributed by atoms with Gasteiger partial charge in [0.1, 0.15) is 0 Å². The second kappa shape index (κ2) is 7.21. The van der Waals surface area contributed by atoms with Gasteiger partial charge in [-0.05, 0) is 6.42 Å². The van der Waals surface area contributed by atoms with Gasteiger partial charge >= 0.3 is 0 Å². The van der Waals surface area contributed by atoms with Crippen LogP contribution in [-0.2, 0) is 10.0 Å². The fraction of sp³-hybridized carbons (Fsp3) is 1.00. The third kappa shape index (κ3) is 5.79. The van der Waals surface area contributed by atoms with Crippen LogP contribution in [0.2, 0.25) is 0 Å². The van der Waals surface area contributed by atoms with E-state index >= 15 is 0 Å². The molecule has 0 atom stereocenters. The minimum atomic E-state index is -3.04. The van der Waals surface area contributed by atoms with E-state index in [1.807, 2.05) is 6.92 Å². The van der Waals surface area contributed by atoms with Gasteiger partial charge in [-0.3, -0.25) is 4.90 Å². The largest absolute Gasteiger partial charge is 0.314 e. The van der Waals surface area contributed by atoms with Crippen LogP contribution in [0.25, 0.3) is 0 Å². The lowest BCUT2D eigenvalue weighted by Crippen LogP contribution is -2.46. The molecule has 96 valence electrons. The smallest absolute Gasteiger partial charge is 0.211 e. The van der Waals surface area contributed by atoms with Gasteiger partial charge in [-0.2, -0.15) is 0 Å². The maximum Gasteiger partial charge on any atom is 0.211 e. The van der Waals surface area contributed by atoms with Crippen LogP contribution in [0.15, 0.2) is 0 Å². The minimum absolute atomic E-state index is 0.255. The molecule has 0 spiro atoms. The molecule has 0 amide bonds. The van der Waals surface area contributed by atoms with E-state index in [0.717, 1.165) is 45.6 Å². The van der Waals surface area contributed by atoms with Gasteiger partial charge in [0.2, 0.25) is 10.0 Å². The summed E-state index contributed by atoms with van der Waals surface area (Å²) in [4.78, 5) is 2.28. The van der Waals surface area contributed by atoms with Crippen molar-refractivity contribution in [2.24, 2.45) is 0 Å². The molecule has 5 nitrogen and oxygen atoms in total. The first-order valence-corrected chi connectivity index (χ1v) is 7.69. The normalized spacial score (nSPS) is 18.8. The molecule has 6 heteroatoms. The van der Waals surface area contributed by atoms with E-state index in [9.17, 15) is 8.42 Å². The van der Waals surface area contributed by atoms with E-state index < -0.39 is 10.0 Å². The Morgan fingerprint density at radius 1 is 1.31 bits per heavy atom. The molecule has 2 N–H and O–H groups in total. The van der Waals surface area contributed by atoms with Gasteiger partial charge in [-0.1, -0.05) is 13.3 Å². The molecule has 0 aromatic heterocycles. The van der Waals surface area contributed by atoms with E-state index in [1.54, 1.807) is 0 Å². The minimum Gasteiger partial charge on any atom is -0.314 e. The predicted octanol–water partition coefficient (Wildman–Crippen LogP) is -0.389. The molecule has 0 bridgehead atoms. The molecule has 0 unspecified atom stereocenters. The quantitative estimate of drug-likeness (QED) is 0.645. The lowest BCUT2D eigenvalue weighted by atomic mass is 10.3. The first kappa shape index (κ1) is 13.9. The molecule has 0 aromatic carbocycles. The molecule has 0 aromatic rings. The van der Waals surface area contributed by atoms with Crippen LogP contribution in [-0.4, -0.2) is 58.3 Å². The lowest BCUT2D eigenvalue weighted by Gasteiger charge is -2.27. The molecule has 16 heavy (non-hydrogen) atoms. The summed E-state index contributed by atoms with van der Waals surface area (Å²) in [5, 5.41) is 3.27. The number of unbranched alkanes of at least 4 members (excludes halogenated alkanes) is 1. The van der Waals surface area contributed by atoms with E-state index in [-0.39, 0.29) is 5.75 Å². The molecule has 1 rings (SSSR count). The number of hydrogen-bond donors (Lipinski definition) is 2. The number of nitrogens with one attached hydrogen (secondary N) is 2. The fourth-order valence-corrected chi connectivity index (χ4v) is 2.92. The maximum absolute atomic E-state index is 11.5. The van der Waals surface area contributed by atoms with Crippen molar-refractivity contribution >= 4 is 10.0 Å². The topological polar surface area (TPSA) is 61.4 Å². The van der Waals surface area contributed by atoms with E-state index in [4.69, 9.17) is 0 Å². The molecule has 1 aliphatic rings. The average Bonchev–Trinajstić information content (AvgIpc) is 2.28. The van der Waals surface area contributed by atoms with Gasteiger partial charge < -0.3 is 5.32 Å². The van der Waals surface area contributed by atoms with Crippen molar-refractivity contribution in [1.82, 2.24) is 14.9 Å². The van der Waals surface area contributed by atoms with Crippen molar-refractivity contribution in [2.75, 3.05) is 45.0 Å². The number of sulfonamides is 1. The van der Waals surface area contributed by atoms with Crippen molar-refractivity contribution in [3.05, 3.63) is 0 Å². The zero-order chi connectivity index (χ0) is 11.9. The molecule has 1 fully saturated rings. The Morgan fingerprint density at radius 2 is 2.00 bits per heavy atom. The Bertz CT molecular complexity index is 274. The Kier molecular flexibility index (Phi) is 6.26. The van der Waals surface area contributed by atoms with Crippen molar-refractivity contribution in [3.8, 4) is 0 Å². The highest BCUT2D eigenvalue weighted by Crippen LogP contribution is 1.94. The van der Waals surface area contributed by atoms with Crippen LogP contribution in [0.3, 0.4) is 0 Å². The average molecular weight is 249 g/mol. The highest BCUT2D eigenvalue weighted by Gasteiger charge is 2.11. The third-order valence-electron chi connectivity index (χ3n) is 2.73. The SMILES string of the molecule is CCCCS(=O)(=O)NCCN1CCNCC1. The zero-order valence-corrected chi connectivity index (χ0v) is 10.9. The summed E-state index contributed by atoms with van der Waals surface area (Å²) >= 11 is 0. The molecule has 1 saturated heterocycles. The van der Waals surface area contributed by atoms with E-state index in [1.165, 1.54) is 0 Å². The molecule has 0 radical (unpaired) electrons. The van der Waals surface area contributed by atoms with Gasteiger partial charge in [0.15, 0.2) is 0 Å². The Labute approximate surface area is 98.6 Å². The molecular weight excluding hydrogens is 226 g/mol. The van der Waals surface area contributed by atoms with Crippen molar-refractivity contribution < 1.29 is 8.42 Å². The van der Waals surface area contributed by atoms with Crippen LogP contribution < -0.4 is 10.0 Å². The number of piperazine rings is 1. The van der Waals surface area contributed by atoms with Crippen molar-refractivity contribution in [1.29, 1.82) is 0 Å². The molecule has 1 heterocycles. The highest BCUT2D eigenvalue weighted by molar-refractivity contribution is 7.89.